The number of aromatic nitrogens is 4. The lowest BCUT2D eigenvalue weighted by molar-refractivity contribution is 1.31. The highest BCUT2D eigenvalue weighted by Gasteiger charge is 2.04. The van der Waals surface area contributed by atoms with Crippen LogP contribution in [-0.4, -0.2) is 19.9 Å². The van der Waals surface area contributed by atoms with Crippen LogP contribution in [0.25, 0.3) is 43.8 Å². The van der Waals surface area contributed by atoms with Gasteiger partial charge in [0, 0.05) is 106 Å². The second-order valence-corrected chi connectivity index (χ2v) is 10.4. The van der Waals surface area contributed by atoms with E-state index in [1.807, 2.05) is 48.5 Å². The number of halogens is 2. The van der Waals surface area contributed by atoms with Crippen molar-refractivity contribution in [2.24, 2.45) is 0 Å². The average molecular weight is 790 g/mol. The molecule has 44 heavy (non-hydrogen) atoms. The summed E-state index contributed by atoms with van der Waals surface area (Å²) < 4.78 is 5.91. The molecule has 210 valence electrons. The molecule has 0 aliphatic rings. The van der Waals surface area contributed by atoms with Gasteiger partial charge in [-0.3, -0.25) is 19.9 Å². The van der Waals surface area contributed by atoms with Gasteiger partial charge < -0.3 is 0 Å². The molecular weight excluding hydrogens is 766 g/mol. The van der Waals surface area contributed by atoms with Crippen molar-refractivity contribution in [3.05, 3.63) is 158 Å². The second-order valence-electron chi connectivity index (χ2n) is 9.29. The van der Waals surface area contributed by atoms with Crippen LogP contribution in [0.3, 0.4) is 0 Å². The minimum absolute atomic E-state index is 1.07. The zero-order valence-electron chi connectivity index (χ0n) is 23.4. The van der Waals surface area contributed by atoms with Crippen molar-refractivity contribution in [2.75, 3.05) is 0 Å². The van der Waals surface area contributed by atoms with Gasteiger partial charge >= 0.3 is 0 Å². The van der Waals surface area contributed by atoms with E-state index in [-0.39, 0.29) is 0 Å². The number of fused-ring (bicyclic) bond motifs is 2. The van der Waals surface area contributed by atoms with Crippen molar-refractivity contribution in [3.8, 4) is 41.9 Å². The quantitative estimate of drug-likeness (QED) is 0.0995. The predicted octanol–water partition coefficient (Wildman–Crippen LogP) is 9.77. The van der Waals surface area contributed by atoms with Crippen LogP contribution in [0.1, 0.15) is 11.1 Å². The Bertz CT molecular complexity index is 1860. The third-order valence-corrected chi connectivity index (χ3v) is 7.17. The van der Waals surface area contributed by atoms with Gasteiger partial charge in [-0.2, -0.15) is 0 Å². The molecule has 7 aromatic rings. The first-order valence-corrected chi connectivity index (χ1v) is 15.7. The standard InChI is InChI=1S/C18H8I2.2C10H8N2/c19-9-7-13-3-1-5-15-11-16-6-2-4-14(8-10-20)18(16)12-17(13)15;2*1-5-11-6-2-9(1)10-3-7-12-8-4-10/h1-6,11-12H;2*1-8H. The van der Waals surface area contributed by atoms with Crippen molar-refractivity contribution < 1.29 is 0 Å². The number of rotatable bonds is 2. The van der Waals surface area contributed by atoms with Crippen LogP contribution in [0.5, 0.6) is 0 Å². The average Bonchev–Trinajstić information content (AvgIpc) is 3.10. The fourth-order valence-electron chi connectivity index (χ4n) is 4.55. The van der Waals surface area contributed by atoms with Gasteiger partial charge in [0.15, 0.2) is 0 Å². The number of nitrogens with zero attached hydrogens (tertiary/aromatic N) is 4. The van der Waals surface area contributed by atoms with E-state index >= 15 is 0 Å². The molecule has 0 atom stereocenters. The molecule has 0 radical (unpaired) electrons. The first kappa shape index (κ1) is 30.8. The first-order chi connectivity index (χ1) is 21.8. The molecule has 4 nitrogen and oxygen atoms in total. The molecule has 4 heterocycles. The van der Waals surface area contributed by atoms with Crippen LogP contribution in [0.15, 0.2) is 147 Å². The minimum Gasteiger partial charge on any atom is -0.265 e. The van der Waals surface area contributed by atoms with Gasteiger partial charge in [-0.1, -0.05) is 36.1 Å². The monoisotopic (exact) mass is 790 g/mol. The summed E-state index contributed by atoms with van der Waals surface area (Å²) in [6.07, 6.45) is 14.3. The van der Waals surface area contributed by atoms with Gasteiger partial charge in [0.05, 0.1) is 0 Å². The molecule has 0 aliphatic heterocycles. The van der Waals surface area contributed by atoms with E-state index in [4.69, 9.17) is 0 Å². The summed E-state index contributed by atoms with van der Waals surface area (Å²) >= 11 is 4.15. The molecule has 4 aromatic heterocycles. The molecule has 0 N–H and O–H groups in total. The highest BCUT2D eigenvalue weighted by atomic mass is 127. The molecule has 3 aromatic carbocycles. The summed E-state index contributed by atoms with van der Waals surface area (Å²) in [5.41, 5.74) is 6.83. The fraction of sp³-hybridized carbons (Fsp3) is 0. The van der Waals surface area contributed by atoms with Gasteiger partial charge in [-0.25, -0.2) is 0 Å². The van der Waals surface area contributed by atoms with Gasteiger partial charge in [0.2, 0.25) is 0 Å². The Morgan fingerprint density at radius 3 is 1.00 bits per heavy atom. The highest BCUT2D eigenvalue weighted by molar-refractivity contribution is 14.1. The molecule has 7 rings (SSSR count). The van der Waals surface area contributed by atoms with Crippen molar-refractivity contribution in [3.63, 3.8) is 0 Å². The van der Waals surface area contributed by atoms with Gasteiger partial charge in [0.25, 0.3) is 0 Å². The zero-order valence-corrected chi connectivity index (χ0v) is 27.7. The van der Waals surface area contributed by atoms with E-state index in [1.54, 1.807) is 49.6 Å². The number of hydrogen-bond donors (Lipinski definition) is 0. The Kier molecular flexibility index (Phi) is 11.4. The molecule has 6 heteroatoms. The van der Waals surface area contributed by atoms with Crippen LogP contribution in [0.2, 0.25) is 0 Å². The van der Waals surface area contributed by atoms with Crippen molar-refractivity contribution in [2.45, 2.75) is 0 Å². The lowest BCUT2D eigenvalue weighted by Crippen LogP contribution is -1.84. The van der Waals surface area contributed by atoms with E-state index in [9.17, 15) is 0 Å². The smallest absolute Gasteiger partial charge is 0.0332 e. The molecule has 0 unspecified atom stereocenters. The Morgan fingerprint density at radius 1 is 0.386 bits per heavy atom. The summed E-state index contributed by atoms with van der Waals surface area (Å²) in [4.78, 5) is 15.8. The third-order valence-electron chi connectivity index (χ3n) is 6.63. The maximum Gasteiger partial charge on any atom is 0.0332 e. The first-order valence-electron chi connectivity index (χ1n) is 13.6. The van der Waals surface area contributed by atoms with Crippen molar-refractivity contribution >= 4 is 66.7 Å². The Hall–Kier alpha value is -4.64. The summed E-state index contributed by atoms with van der Waals surface area (Å²) in [5.74, 6) is 6.33. The van der Waals surface area contributed by atoms with E-state index in [2.05, 4.69) is 133 Å². The van der Waals surface area contributed by atoms with E-state index in [1.165, 1.54) is 43.8 Å². The second kappa shape index (κ2) is 16.3. The van der Waals surface area contributed by atoms with Crippen LogP contribution in [-0.2, 0) is 0 Å². The van der Waals surface area contributed by atoms with E-state index in [0.717, 1.165) is 11.1 Å². The summed E-state index contributed by atoms with van der Waals surface area (Å²) in [7, 11) is 0. The Labute approximate surface area is 284 Å². The fourth-order valence-corrected chi connectivity index (χ4v) is 5.13. The molecule has 0 bridgehead atoms. The largest absolute Gasteiger partial charge is 0.265 e. The van der Waals surface area contributed by atoms with Crippen molar-refractivity contribution in [1.29, 1.82) is 0 Å². The van der Waals surface area contributed by atoms with Gasteiger partial charge in [0.1, 0.15) is 0 Å². The Balaban J connectivity index is 0.000000138. The van der Waals surface area contributed by atoms with Crippen LogP contribution >= 0.6 is 45.2 Å². The number of hydrogen-bond acceptors (Lipinski definition) is 4. The molecule has 0 fully saturated rings. The summed E-state index contributed by atoms with van der Waals surface area (Å²) in [6.45, 7) is 0. The molecule has 0 saturated carbocycles. The highest BCUT2D eigenvalue weighted by Crippen LogP contribution is 2.27. The van der Waals surface area contributed by atoms with Gasteiger partial charge in [-0.15, -0.1) is 0 Å². The van der Waals surface area contributed by atoms with Crippen molar-refractivity contribution in [1.82, 2.24) is 19.9 Å². The van der Waals surface area contributed by atoms with Gasteiger partial charge in [-0.05, 0) is 124 Å². The number of benzene rings is 3. The van der Waals surface area contributed by atoms with E-state index in [0.29, 0.717) is 0 Å². The van der Waals surface area contributed by atoms with Crippen LogP contribution in [0, 0.1) is 19.7 Å². The van der Waals surface area contributed by atoms with Crippen LogP contribution in [0.4, 0.5) is 0 Å². The summed E-state index contributed by atoms with van der Waals surface area (Å²) in [6, 6.07) is 32.8. The molecule has 0 amide bonds. The third kappa shape index (κ3) is 8.25. The normalized spacial score (nSPS) is 9.68. The maximum atomic E-state index is 3.96. The topological polar surface area (TPSA) is 51.6 Å². The molecule has 0 spiro atoms. The molecule has 0 saturated heterocycles. The predicted molar refractivity (Wildman–Crippen MR) is 198 cm³/mol. The number of pyridine rings is 4. The van der Waals surface area contributed by atoms with E-state index < -0.39 is 0 Å². The molecule has 0 aliphatic carbocycles. The molecular formula is C38H24I2N4. The summed E-state index contributed by atoms with van der Waals surface area (Å²) in [5, 5.41) is 4.81. The Morgan fingerprint density at radius 2 is 0.705 bits per heavy atom. The minimum atomic E-state index is 1.07. The SMILES string of the molecule is IC#Cc1cccc2cc3cccc(C#CI)c3cc12.c1cc(-c2ccncc2)ccn1.c1cc(-c2ccncc2)ccn1. The lowest BCUT2D eigenvalue weighted by Gasteiger charge is -2.06. The van der Waals surface area contributed by atoms with Crippen LogP contribution < -0.4 is 0 Å². The maximum absolute atomic E-state index is 3.96. The lowest BCUT2D eigenvalue weighted by atomic mass is 9.97. The zero-order chi connectivity index (χ0) is 30.4.